The van der Waals surface area contributed by atoms with E-state index in [-0.39, 0.29) is 18.2 Å². The number of nitrogens with zero attached hydrogens (tertiary/aromatic N) is 1. The maximum absolute atomic E-state index is 12.5. The van der Waals surface area contributed by atoms with Crippen LogP contribution in [0.15, 0.2) is 72.1 Å². The van der Waals surface area contributed by atoms with E-state index in [4.69, 9.17) is 24.7 Å². The fourth-order valence-electron chi connectivity index (χ4n) is 4.31. The van der Waals surface area contributed by atoms with E-state index >= 15 is 0 Å². The van der Waals surface area contributed by atoms with Gasteiger partial charge in [-0.2, -0.15) is 5.26 Å². The number of carbonyl (C=O) groups is 1. The summed E-state index contributed by atoms with van der Waals surface area (Å²) in [5, 5.41) is 9.92. The fraction of sp³-hybridized carbons (Fsp3) is 0.290. The highest BCUT2D eigenvalue weighted by Crippen LogP contribution is 2.45. The van der Waals surface area contributed by atoms with Gasteiger partial charge in [0.25, 0.3) is 0 Å². The van der Waals surface area contributed by atoms with Crippen molar-refractivity contribution in [2.24, 2.45) is 5.73 Å². The fourth-order valence-corrected chi connectivity index (χ4v) is 4.31. The zero-order valence-corrected chi connectivity index (χ0v) is 22.0. The number of unbranched alkanes of at least 4 members (excludes halogenated alkanes) is 2. The van der Waals surface area contributed by atoms with Gasteiger partial charge in [0.15, 0.2) is 6.61 Å². The van der Waals surface area contributed by atoms with Crippen LogP contribution in [-0.4, -0.2) is 19.2 Å². The van der Waals surface area contributed by atoms with Gasteiger partial charge >= 0.3 is 5.97 Å². The first kappa shape index (κ1) is 26.6. The minimum atomic E-state index is -0.553. The van der Waals surface area contributed by atoms with Crippen LogP contribution in [-0.2, 0) is 4.79 Å². The molecule has 7 heteroatoms. The molecular weight excluding hydrogens is 480 g/mol. The van der Waals surface area contributed by atoms with E-state index < -0.39 is 11.9 Å². The van der Waals surface area contributed by atoms with E-state index in [1.807, 2.05) is 56.3 Å². The number of hydrogen-bond donors (Lipinski definition) is 1. The molecule has 0 aromatic heterocycles. The number of hydrogen-bond acceptors (Lipinski definition) is 7. The number of fused-ring (bicyclic) bond motifs is 1. The van der Waals surface area contributed by atoms with Crippen molar-refractivity contribution in [1.82, 2.24) is 0 Å². The lowest BCUT2D eigenvalue weighted by Gasteiger charge is -2.28. The number of carbonyl (C=O) groups excluding carboxylic acids is 1. The summed E-state index contributed by atoms with van der Waals surface area (Å²) >= 11 is 0. The predicted octanol–water partition coefficient (Wildman–Crippen LogP) is 6.08. The van der Waals surface area contributed by atoms with Crippen molar-refractivity contribution in [3.63, 3.8) is 0 Å². The van der Waals surface area contributed by atoms with E-state index in [1.54, 1.807) is 18.2 Å². The van der Waals surface area contributed by atoms with Crippen molar-refractivity contribution in [2.75, 3.05) is 13.2 Å². The van der Waals surface area contributed by atoms with Crippen LogP contribution in [0.25, 0.3) is 0 Å². The zero-order chi connectivity index (χ0) is 27.1. The molecule has 2 N–H and O–H groups in total. The molecule has 0 radical (unpaired) electrons. The molecule has 1 aliphatic heterocycles. The van der Waals surface area contributed by atoms with Gasteiger partial charge < -0.3 is 24.7 Å². The lowest BCUT2D eigenvalue weighted by Crippen LogP contribution is -2.22. The van der Waals surface area contributed by atoms with Crippen LogP contribution in [0.3, 0.4) is 0 Å². The van der Waals surface area contributed by atoms with Gasteiger partial charge in [0.2, 0.25) is 5.88 Å². The molecule has 0 saturated carbocycles. The molecule has 196 valence electrons. The average molecular weight is 513 g/mol. The smallest absolute Gasteiger partial charge is 0.349 e. The molecule has 0 spiro atoms. The van der Waals surface area contributed by atoms with Crippen molar-refractivity contribution in [2.45, 2.75) is 46.0 Å². The number of aryl methyl sites for hydroxylation is 2. The maximum Gasteiger partial charge on any atom is 0.349 e. The van der Waals surface area contributed by atoms with Crippen LogP contribution in [0, 0.1) is 25.2 Å². The molecule has 3 aromatic rings. The summed E-state index contributed by atoms with van der Waals surface area (Å²) in [6, 6.07) is 20.5. The van der Waals surface area contributed by atoms with Gasteiger partial charge in [-0.05, 0) is 55.7 Å². The van der Waals surface area contributed by atoms with Crippen molar-refractivity contribution >= 4 is 5.97 Å². The third-order valence-corrected chi connectivity index (χ3v) is 6.49. The Bertz CT molecular complexity index is 1390. The molecule has 1 heterocycles. The van der Waals surface area contributed by atoms with Crippen molar-refractivity contribution in [3.05, 3.63) is 94.4 Å². The maximum atomic E-state index is 12.5. The van der Waals surface area contributed by atoms with Gasteiger partial charge in [0, 0.05) is 17.2 Å². The first-order chi connectivity index (χ1) is 18.4. The summed E-state index contributed by atoms with van der Waals surface area (Å²) in [6.45, 7) is 6.48. The molecule has 1 unspecified atom stereocenters. The number of nitriles is 1. The highest BCUT2D eigenvalue weighted by Gasteiger charge is 2.33. The molecule has 1 atom stereocenters. The Morgan fingerprint density at radius 3 is 2.53 bits per heavy atom. The predicted molar refractivity (Wildman–Crippen MR) is 144 cm³/mol. The molecule has 4 rings (SSSR count). The summed E-state index contributed by atoms with van der Waals surface area (Å²) < 4.78 is 23.0. The Balaban J connectivity index is 1.54. The van der Waals surface area contributed by atoms with Crippen LogP contribution in [0.5, 0.6) is 23.0 Å². The van der Waals surface area contributed by atoms with Crippen LogP contribution in [0.4, 0.5) is 0 Å². The Morgan fingerprint density at radius 1 is 0.974 bits per heavy atom. The van der Waals surface area contributed by atoms with Gasteiger partial charge in [-0.25, -0.2) is 4.79 Å². The summed E-state index contributed by atoms with van der Waals surface area (Å²) in [7, 11) is 0. The Labute approximate surface area is 223 Å². The second-order valence-corrected chi connectivity index (χ2v) is 9.23. The van der Waals surface area contributed by atoms with Gasteiger partial charge in [-0.15, -0.1) is 0 Å². The van der Waals surface area contributed by atoms with E-state index in [2.05, 4.69) is 13.0 Å². The Hall–Kier alpha value is -4.44. The largest absolute Gasteiger partial charge is 0.493 e. The molecule has 0 fully saturated rings. The number of nitrogens with two attached hydrogens (primary N) is 1. The van der Waals surface area contributed by atoms with Gasteiger partial charge in [0.1, 0.15) is 34.6 Å². The molecule has 7 nitrogen and oxygen atoms in total. The van der Waals surface area contributed by atoms with E-state index in [1.165, 1.54) is 0 Å². The first-order valence-corrected chi connectivity index (χ1v) is 12.7. The number of ether oxygens (including phenoxy) is 4. The molecular formula is C31H32N2O5. The number of allylic oxidation sites excluding steroid dienone is 1. The molecule has 3 aromatic carbocycles. The zero-order valence-electron chi connectivity index (χ0n) is 22.0. The monoisotopic (exact) mass is 512 g/mol. The van der Waals surface area contributed by atoms with Crippen molar-refractivity contribution < 1.29 is 23.7 Å². The third kappa shape index (κ3) is 6.09. The van der Waals surface area contributed by atoms with Crippen LogP contribution >= 0.6 is 0 Å². The first-order valence-electron chi connectivity index (χ1n) is 12.7. The standard InChI is InChI=1S/C31H32N2O5/c1-4-5-8-15-35-27-10-7-6-9-24(27)30-25-14-13-23(17-28(25)38-31(33)26(30)18-32)37-29(34)19-36-22-12-11-20(2)21(3)16-22/h6-7,9-14,16-17,30H,4-5,8,15,19,33H2,1-3H3. The highest BCUT2D eigenvalue weighted by atomic mass is 16.6. The average Bonchev–Trinajstić information content (AvgIpc) is 2.91. The second-order valence-electron chi connectivity index (χ2n) is 9.23. The third-order valence-electron chi connectivity index (χ3n) is 6.49. The summed E-state index contributed by atoms with van der Waals surface area (Å²) in [6.07, 6.45) is 3.12. The van der Waals surface area contributed by atoms with Gasteiger partial charge in [0.05, 0.1) is 12.5 Å². The normalized spacial score (nSPS) is 14.2. The van der Waals surface area contributed by atoms with E-state index in [0.29, 0.717) is 29.4 Å². The molecule has 1 aliphatic rings. The summed E-state index contributed by atoms with van der Waals surface area (Å²) in [5.41, 5.74) is 10.2. The minimum Gasteiger partial charge on any atom is -0.493 e. The van der Waals surface area contributed by atoms with Crippen molar-refractivity contribution in [3.8, 4) is 29.1 Å². The quantitative estimate of drug-likeness (QED) is 0.200. The number of rotatable bonds is 10. The summed E-state index contributed by atoms with van der Waals surface area (Å²) in [4.78, 5) is 12.5. The SMILES string of the molecule is CCCCCOc1ccccc1C1C(C#N)=C(N)Oc2cc(OC(=O)COc3ccc(C)c(C)c3)ccc21. The number of esters is 1. The van der Waals surface area contributed by atoms with Crippen LogP contribution < -0.4 is 24.7 Å². The highest BCUT2D eigenvalue weighted by molar-refractivity contribution is 5.74. The molecule has 0 saturated heterocycles. The summed E-state index contributed by atoms with van der Waals surface area (Å²) in [5.74, 6) is 0.959. The Kier molecular flexibility index (Phi) is 8.55. The number of para-hydroxylation sites is 1. The van der Waals surface area contributed by atoms with Crippen LogP contribution in [0.1, 0.15) is 54.4 Å². The lowest BCUT2D eigenvalue weighted by molar-refractivity contribution is -0.136. The topological polar surface area (TPSA) is 104 Å². The second kappa shape index (κ2) is 12.2. The Morgan fingerprint density at radius 2 is 1.76 bits per heavy atom. The lowest BCUT2D eigenvalue weighted by atomic mass is 9.83. The van der Waals surface area contributed by atoms with E-state index in [0.717, 1.165) is 41.5 Å². The molecule has 0 amide bonds. The molecule has 38 heavy (non-hydrogen) atoms. The van der Waals surface area contributed by atoms with Gasteiger partial charge in [-0.3, -0.25) is 0 Å². The molecule has 0 bridgehead atoms. The van der Waals surface area contributed by atoms with Gasteiger partial charge in [-0.1, -0.05) is 50.1 Å². The van der Waals surface area contributed by atoms with E-state index in [9.17, 15) is 10.1 Å². The molecule has 0 aliphatic carbocycles. The van der Waals surface area contributed by atoms with Crippen molar-refractivity contribution in [1.29, 1.82) is 5.26 Å². The minimum absolute atomic E-state index is 0.00679. The van der Waals surface area contributed by atoms with Crippen LogP contribution in [0.2, 0.25) is 0 Å². The number of benzene rings is 3.